The van der Waals surface area contributed by atoms with E-state index in [0.717, 1.165) is 22.3 Å². The minimum Gasteiger partial charge on any atom is -0.297 e. The maximum absolute atomic E-state index is 10.7. The number of carbonyl (C=O) groups is 1. The fraction of sp³-hybridized carbons (Fsp3) is 0. The van der Waals surface area contributed by atoms with E-state index in [1.54, 1.807) is 0 Å². The molecule has 14 heavy (non-hydrogen) atoms. The van der Waals surface area contributed by atoms with Crippen LogP contribution in [0.25, 0.3) is 11.1 Å². The van der Waals surface area contributed by atoms with Crippen LogP contribution in [0.15, 0.2) is 35.7 Å². The zero-order valence-electron chi connectivity index (χ0n) is 7.24. The molecule has 0 unspecified atom stereocenters. The van der Waals surface area contributed by atoms with Gasteiger partial charge in [-0.15, -0.1) is 11.3 Å². The van der Waals surface area contributed by atoms with E-state index < -0.39 is 0 Å². The van der Waals surface area contributed by atoms with E-state index in [1.165, 1.54) is 11.3 Å². The standard InChI is InChI=1S/C11H7ClOS/c12-10-4-2-1-3-8(10)9-5-6-14-11(9)7-13/h1-7H. The summed E-state index contributed by atoms with van der Waals surface area (Å²) in [6.45, 7) is 0. The molecule has 2 rings (SSSR count). The molecule has 0 spiro atoms. The maximum Gasteiger partial charge on any atom is 0.160 e. The zero-order valence-corrected chi connectivity index (χ0v) is 8.81. The van der Waals surface area contributed by atoms with Crippen LogP contribution in [0.5, 0.6) is 0 Å². The summed E-state index contributed by atoms with van der Waals surface area (Å²) in [6.07, 6.45) is 0.864. The van der Waals surface area contributed by atoms with E-state index >= 15 is 0 Å². The Morgan fingerprint density at radius 2 is 1.93 bits per heavy atom. The molecule has 0 atom stereocenters. The molecule has 0 aliphatic rings. The summed E-state index contributed by atoms with van der Waals surface area (Å²) in [6, 6.07) is 9.43. The SMILES string of the molecule is O=Cc1sccc1-c1ccccc1Cl. The molecule has 0 bridgehead atoms. The predicted molar refractivity (Wildman–Crippen MR) is 60.2 cm³/mol. The number of benzene rings is 1. The Labute approximate surface area is 91.0 Å². The molecule has 0 radical (unpaired) electrons. The topological polar surface area (TPSA) is 17.1 Å². The van der Waals surface area contributed by atoms with Crippen molar-refractivity contribution in [3.63, 3.8) is 0 Å². The monoisotopic (exact) mass is 222 g/mol. The average molecular weight is 223 g/mol. The van der Waals surface area contributed by atoms with Gasteiger partial charge in [-0.2, -0.15) is 0 Å². The lowest BCUT2D eigenvalue weighted by Gasteiger charge is -2.01. The van der Waals surface area contributed by atoms with Crippen LogP contribution in [-0.4, -0.2) is 6.29 Å². The van der Waals surface area contributed by atoms with Gasteiger partial charge in [0.1, 0.15) is 0 Å². The number of rotatable bonds is 2. The highest BCUT2D eigenvalue weighted by atomic mass is 35.5. The van der Waals surface area contributed by atoms with Gasteiger partial charge in [-0.05, 0) is 17.5 Å². The Morgan fingerprint density at radius 3 is 2.64 bits per heavy atom. The lowest BCUT2D eigenvalue weighted by molar-refractivity contribution is 0.112. The minimum absolute atomic E-state index is 0.675. The largest absolute Gasteiger partial charge is 0.297 e. The van der Waals surface area contributed by atoms with Gasteiger partial charge >= 0.3 is 0 Å². The third kappa shape index (κ3) is 1.59. The minimum atomic E-state index is 0.675. The summed E-state index contributed by atoms with van der Waals surface area (Å²) in [4.78, 5) is 11.5. The van der Waals surface area contributed by atoms with Crippen molar-refractivity contribution in [3.05, 3.63) is 45.6 Å². The molecular weight excluding hydrogens is 216 g/mol. The number of hydrogen-bond acceptors (Lipinski definition) is 2. The maximum atomic E-state index is 10.7. The molecule has 0 saturated heterocycles. The number of hydrogen-bond donors (Lipinski definition) is 0. The van der Waals surface area contributed by atoms with Crippen molar-refractivity contribution in [2.45, 2.75) is 0 Å². The molecule has 0 N–H and O–H groups in total. The van der Waals surface area contributed by atoms with E-state index in [2.05, 4.69) is 0 Å². The van der Waals surface area contributed by atoms with Crippen molar-refractivity contribution in [1.29, 1.82) is 0 Å². The molecule has 1 aromatic carbocycles. The summed E-state index contributed by atoms with van der Waals surface area (Å²) in [5.74, 6) is 0. The zero-order chi connectivity index (χ0) is 9.97. The number of thiophene rings is 1. The van der Waals surface area contributed by atoms with E-state index in [9.17, 15) is 4.79 Å². The Kier molecular flexibility index (Phi) is 2.66. The first-order valence-electron chi connectivity index (χ1n) is 4.10. The van der Waals surface area contributed by atoms with Crippen LogP contribution in [-0.2, 0) is 0 Å². The number of aldehydes is 1. The second-order valence-electron chi connectivity index (χ2n) is 2.80. The van der Waals surface area contributed by atoms with Gasteiger partial charge in [-0.1, -0.05) is 29.8 Å². The van der Waals surface area contributed by atoms with Crippen molar-refractivity contribution in [2.75, 3.05) is 0 Å². The van der Waals surface area contributed by atoms with Crippen LogP contribution in [0.2, 0.25) is 5.02 Å². The molecule has 1 aromatic heterocycles. The first-order valence-corrected chi connectivity index (χ1v) is 5.36. The second-order valence-corrected chi connectivity index (χ2v) is 4.15. The molecule has 1 heterocycles. The van der Waals surface area contributed by atoms with Gasteiger partial charge in [0.2, 0.25) is 0 Å². The van der Waals surface area contributed by atoms with Crippen LogP contribution in [0.4, 0.5) is 0 Å². The molecular formula is C11H7ClOS. The Hall–Kier alpha value is -1.12. The average Bonchev–Trinajstić information content (AvgIpc) is 2.66. The van der Waals surface area contributed by atoms with E-state index in [4.69, 9.17) is 11.6 Å². The fourth-order valence-corrected chi connectivity index (χ4v) is 2.26. The van der Waals surface area contributed by atoms with Gasteiger partial charge in [0.15, 0.2) is 6.29 Å². The Morgan fingerprint density at radius 1 is 1.14 bits per heavy atom. The molecule has 3 heteroatoms. The molecule has 1 nitrogen and oxygen atoms in total. The summed E-state index contributed by atoms with van der Waals surface area (Å²) < 4.78 is 0. The Balaban J connectivity index is 2.60. The van der Waals surface area contributed by atoms with Crippen molar-refractivity contribution >= 4 is 29.2 Å². The van der Waals surface area contributed by atoms with Crippen molar-refractivity contribution < 1.29 is 4.79 Å². The lowest BCUT2D eigenvalue weighted by Crippen LogP contribution is -1.80. The predicted octanol–water partition coefficient (Wildman–Crippen LogP) is 3.88. The smallest absolute Gasteiger partial charge is 0.160 e. The summed E-state index contributed by atoms with van der Waals surface area (Å²) in [5.41, 5.74) is 1.83. The highest BCUT2D eigenvalue weighted by Gasteiger charge is 2.08. The first kappa shape index (κ1) is 9.44. The van der Waals surface area contributed by atoms with Crippen molar-refractivity contribution in [2.24, 2.45) is 0 Å². The highest BCUT2D eigenvalue weighted by molar-refractivity contribution is 7.12. The fourth-order valence-electron chi connectivity index (χ4n) is 1.31. The molecule has 0 aliphatic carbocycles. The first-order chi connectivity index (χ1) is 6.83. The van der Waals surface area contributed by atoms with Gasteiger partial charge in [-0.3, -0.25) is 4.79 Å². The summed E-state index contributed by atoms with van der Waals surface area (Å²) in [7, 11) is 0. The van der Waals surface area contributed by atoms with Gasteiger partial charge in [0.25, 0.3) is 0 Å². The Bertz CT molecular complexity index is 462. The number of halogens is 1. The van der Waals surface area contributed by atoms with Gasteiger partial charge in [-0.25, -0.2) is 0 Å². The van der Waals surface area contributed by atoms with Crippen LogP contribution >= 0.6 is 22.9 Å². The van der Waals surface area contributed by atoms with Crippen molar-refractivity contribution in [1.82, 2.24) is 0 Å². The molecule has 70 valence electrons. The number of carbonyl (C=O) groups excluding carboxylic acids is 1. The van der Waals surface area contributed by atoms with Gasteiger partial charge < -0.3 is 0 Å². The third-order valence-corrected chi connectivity index (χ3v) is 3.14. The van der Waals surface area contributed by atoms with Crippen molar-refractivity contribution in [3.8, 4) is 11.1 Å². The van der Waals surface area contributed by atoms with Crippen LogP contribution in [0, 0.1) is 0 Å². The lowest BCUT2D eigenvalue weighted by atomic mass is 10.1. The van der Waals surface area contributed by atoms with E-state index in [0.29, 0.717) is 5.02 Å². The summed E-state index contributed by atoms with van der Waals surface area (Å²) >= 11 is 7.46. The van der Waals surface area contributed by atoms with Gasteiger partial charge in [0, 0.05) is 16.1 Å². The summed E-state index contributed by atoms with van der Waals surface area (Å²) in [5, 5.41) is 2.57. The second kappa shape index (κ2) is 3.95. The molecule has 0 amide bonds. The normalized spacial score (nSPS) is 10.1. The van der Waals surface area contributed by atoms with E-state index in [-0.39, 0.29) is 0 Å². The molecule has 0 saturated carbocycles. The highest BCUT2D eigenvalue weighted by Crippen LogP contribution is 2.32. The van der Waals surface area contributed by atoms with Crippen LogP contribution < -0.4 is 0 Å². The van der Waals surface area contributed by atoms with E-state index in [1.807, 2.05) is 35.7 Å². The molecule has 0 aliphatic heterocycles. The van der Waals surface area contributed by atoms with Gasteiger partial charge in [0.05, 0.1) is 4.88 Å². The third-order valence-electron chi connectivity index (χ3n) is 1.97. The quantitative estimate of drug-likeness (QED) is 0.705. The molecule has 0 fully saturated rings. The van der Waals surface area contributed by atoms with Crippen LogP contribution in [0.3, 0.4) is 0 Å². The molecule has 2 aromatic rings. The van der Waals surface area contributed by atoms with Crippen LogP contribution in [0.1, 0.15) is 9.67 Å².